The molecule has 0 aliphatic carbocycles. The average molecular weight is 279 g/mol. The van der Waals surface area contributed by atoms with Crippen LogP contribution in [0, 0.1) is 0 Å². The highest BCUT2D eigenvalue weighted by atomic mass is 32.2. The fourth-order valence-corrected chi connectivity index (χ4v) is 3.18. The van der Waals surface area contributed by atoms with E-state index in [-0.39, 0.29) is 6.61 Å². The highest BCUT2D eigenvalue weighted by Crippen LogP contribution is 2.31. The van der Waals surface area contributed by atoms with E-state index in [2.05, 4.69) is 20.2 Å². The van der Waals surface area contributed by atoms with Crippen molar-refractivity contribution in [2.45, 2.75) is 16.8 Å². The van der Waals surface area contributed by atoms with Crippen LogP contribution >= 0.6 is 23.1 Å². The van der Waals surface area contributed by atoms with E-state index in [4.69, 9.17) is 5.11 Å². The molecule has 0 aromatic carbocycles. The smallest absolute Gasteiger partial charge is 0.197 e. The second-order valence-corrected chi connectivity index (χ2v) is 5.39. The first-order valence-electron chi connectivity index (χ1n) is 5.15. The molecule has 0 fully saturated rings. The number of aromatic nitrogens is 5. The molecule has 0 bridgehead atoms. The highest BCUT2D eigenvalue weighted by Gasteiger charge is 2.12. The molecule has 0 aliphatic rings. The maximum Gasteiger partial charge on any atom is 0.197 e. The molecule has 8 heteroatoms. The van der Waals surface area contributed by atoms with Gasteiger partial charge < -0.3 is 9.67 Å². The number of aliphatic hydroxyl groups is 1. The molecular weight excluding hydrogens is 270 g/mol. The van der Waals surface area contributed by atoms with Gasteiger partial charge in [0, 0.05) is 12.4 Å². The van der Waals surface area contributed by atoms with E-state index in [0.717, 1.165) is 15.2 Å². The minimum absolute atomic E-state index is 0.123. The Balaban J connectivity index is 2.01. The van der Waals surface area contributed by atoms with Gasteiger partial charge in [-0.2, -0.15) is 0 Å². The van der Waals surface area contributed by atoms with Crippen LogP contribution in [0.1, 0.15) is 5.82 Å². The Morgan fingerprint density at radius 3 is 3.06 bits per heavy atom. The van der Waals surface area contributed by atoms with Crippen molar-refractivity contribution < 1.29 is 5.11 Å². The lowest BCUT2D eigenvalue weighted by Crippen LogP contribution is -1.98. The molecule has 0 unspecified atom stereocenters. The van der Waals surface area contributed by atoms with Gasteiger partial charge in [0.15, 0.2) is 11.0 Å². The normalized spacial score (nSPS) is 11.2. The molecule has 92 valence electrons. The number of nitrogens with zero attached hydrogens (tertiary/aromatic N) is 5. The van der Waals surface area contributed by atoms with Crippen molar-refractivity contribution in [3.05, 3.63) is 23.6 Å². The molecule has 0 aliphatic heterocycles. The van der Waals surface area contributed by atoms with Crippen LogP contribution < -0.4 is 0 Å². The zero-order valence-corrected chi connectivity index (χ0v) is 11.1. The Labute approximate surface area is 111 Å². The van der Waals surface area contributed by atoms with Crippen LogP contribution in [0.4, 0.5) is 0 Å². The predicted molar refractivity (Wildman–Crippen MR) is 68.5 cm³/mol. The monoisotopic (exact) mass is 279 g/mol. The zero-order valence-electron chi connectivity index (χ0n) is 9.44. The lowest BCUT2D eigenvalue weighted by Gasteiger charge is -2.02. The maximum absolute atomic E-state index is 9.08. The van der Waals surface area contributed by atoms with Crippen molar-refractivity contribution in [2.24, 2.45) is 7.05 Å². The molecule has 0 spiro atoms. The molecule has 3 heterocycles. The van der Waals surface area contributed by atoms with E-state index in [9.17, 15) is 0 Å². The molecule has 3 rings (SSSR count). The summed E-state index contributed by atoms with van der Waals surface area (Å²) in [5.41, 5.74) is 0. The summed E-state index contributed by atoms with van der Waals surface area (Å²) < 4.78 is 1.75. The van der Waals surface area contributed by atoms with Crippen LogP contribution in [0.5, 0.6) is 0 Å². The van der Waals surface area contributed by atoms with Gasteiger partial charge in [-0.25, -0.2) is 9.97 Å². The number of fused-ring (bicyclic) bond motifs is 1. The van der Waals surface area contributed by atoms with Crippen molar-refractivity contribution in [1.29, 1.82) is 0 Å². The second-order valence-electron chi connectivity index (χ2n) is 3.54. The zero-order chi connectivity index (χ0) is 12.5. The van der Waals surface area contributed by atoms with E-state index in [0.29, 0.717) is 11.0 Å². The summed E-state index contributed by atoms with van der Waals surface area (Å²) in [7, 11) is 1.82. The quantitative estimate of drug-likeness (QED) is 0.731. The number of hydrogen-bond acceptors (Lipinski definition) is 7. The SMILES string of the molecule is Cn1c(CO)nnc1Sc1ncnc2sccc12. The molecule has 3 aromatic heterocycles. The third-order valence-electron chi connectivity index (χ3n) is 2.48. The standard InChI is InChI=1S/C10H9N5OS2/c1-15-7(4-16)13-14-10(15)18-9-6-2-3-17-8(6)11-5-12-9/h2-3,5,16H,4H2,1H3. The summed E-state index contributed by atoms with van der Waals surface area (Å²) in [5, 5.41) is 21.6. The average Bonchev–Trinajstić information content (AvgIpc) is 2.98. The van der Waals surface area contributed by atoms with Crippen LogP contribution in [0.3, 0.4) is 0 Å². The van der Waals surface area contributed by atoms with Crippen LogP contribution in [-0.4, -0.2) is 29.8 Å². The van der Waals surface area contributed by atoms with Crippen LogP contribution in [0.2, 0.25) is 0 Å². The molecule has 0 amide bonds. The van der Waals surface area contributed by atoms with Crippen molar-refractivity contribution in [3.8, 4) is 0 Å². The van der Waals surface area contributed by atoms with E-state index in [1.165, 1.54) is 11.8 Å². The molecule has 0 saturated carbocycles. The van der Waals surface area contributed by atoms with Gasteiger partial charge in [0.2, 0.25) is 0 Å². The number of aliphatic hydroxyl groups excluding tert-OH is 1. The Morgan fingerprint density at radius 1 is 1.39 bits per heavy atom. The van der Waals surface area contributed by atoms with Gasteiger partial charge in [0.1, 0.15) is 22.8 Å². The highest BCUT2D eigenvalue weighted by molar-refractivity contribution is 7.99. The molecule has 18 heavy (non-hydrogen) atoms. The fourth-order valence-electron chi connectivity index (χ4n) is 1.51. The summed E-state index contributed by atoms with van der Waals surface area (Å²) in [5.74, 6) is 0.535. The number of thiophene rings is 1. The molecule has 0 saturated heterocycles. The summed E-state index contributed by atoms with van der Waals surface area (Å²) in [6, 6.07) is 1.99. The maximum atomic E-state index is 9.08. The van der Waals surface area contributed by atoms with E-state index in [1.807, 2.05) is 18.5 Å². The van der Waals surface area contributed by atoms with Crippen molar-refractivity contribution in [3.63, 3.8) is 0 Å². The van der Waals surface area contributed by atoms with E-state index >= 15 is 0 Å². The largest absolute Gasteiger partial charge is 0.388 e. The molecule has 6 nitrogen and oxygen atoms in total. The molecular formula is C10H9N5OS2. The van der Waals surface area contributed by atoms with E-state index in [1.54, 1.807) is 22.2 Å². The minimum atomic E-state index is -0.123. The first kappa shape index (κ1) is 11.6. The number of hydrogen-bond donors (Lipinski definition) is 1. The van der Waals surface area contributed by atoms with Crippen molar-refractivity contribution in [2.75, 3.05) is 0 Å². The summed E-state index contributed by atoms with van der Waals surface area (Å²) in [6.45, 7) is -0.123. The third kappa shape index (κ3) is 1.88. The van der Waals surface area contributed by atoms with Crippen LogP contribution in [0.25, 0.3) is 10.2 Å². The van der Waals surface area contributed by atoms with Crippen molar-refractivity contribution >= 4 is 33.3 Å². The molecule has 3 aromatic rings. The van der Waals surface area contributed by atoms with E-state index < -0.39 is 0 Å². The Kier molecular flexibility index (Phi) is 2.98. The van der Waals surface area contributed by atoms with Gasteiger partial charge in [-0.3, -0.25) is 0 Å². The Morgan fingerprint density at radius 2 is 2.28 bits per heavy atom. The minimum Gasteiger partial charge on any atom is -0.388 e. The van der Waals surface area contributed by atoms with Gasteiger partial charge in [0.25, 0.3) is 0 Å². The van der Waals surface area contributed by atoms with Crippen LogP contribution in [0.15, 0.2) is 28.0 Å². The van der Waals surface area contributed by atoms with Gasteiger partial charge in [-0.05, 0) is 23.2 Å². The second kappa shape index (κ2) is 4.63. The Bertz CT molecular complexity index is 692. The number of rotatable bonds is 3. The van der Waals surface area contributed by atoms with Gasteiger partial charge in [0.05, 0.1) is 0 Å². The predicted octanol–water partition coefficient (Wildman–Crippen LogP) is 1.46. The lowest BCUT2D eigenvalue weighted by atomic mass is 10.4. The van der Waals surface area contributed by atoms with Crippen molar-refractivity contribution in [1.82, 2.24) is 24.7 Å². The summed E-state index contributed by atoms with van der Waals surface area (Å²) >= 11 is 3.00. The molecule has 0 atom stereocenters. The summed E-state index contributed by atoms with van der Waals surface area (Å²) in [6.07, 6.45) is 1.55. The Hall–Kier alpha value is -1.51. The van der Waals surface area contributed by atoms with Crippen LogP contribution in [-0.2, 0) is 13.7 Å². The van der Waals surface area contributed by atoms with Gasteiger partial charge in [-0.15, -0.1) is 21.5 Å². The first-order valence-corrected chi connectivity index (χ1v) is 6.84. The molecule has 0 radical (unpaired) electrons. The van der Waals surface area contributed by atoms with Gasteiger partial charge >= 0.3 is 0 Å². The topological polar surface area (TPSA) is 76.7 Å². The molecule has 1 N–H and O–H groups in total. The third-order valence-corrected chi connectivity index (χ3v) is 4.36. The fraction of sp³-hybridized carbons (Fsp3) is 0.200. The first-order chi connectivity index (χ1) is 8.79. The lowest BCUT2D eigenvalue weighted by molar-refractivity contribution is 0.266. The summed E-state index contributed by atoms with van der Waals surface area (Å²) in [4.78, 5) is 9.42. The van der Waals surface area contributed by atoms with Gasteiger partial charge in [-0.1, -0.05) is 0 Å².